The molecule has 7 nitrogen and oxygen atoms in total. The van der Waals surface area contributed by atoms with E-state index in [1.165, 1.54) is 12.1 Å². The minimum atomic E-state index is -0.816. The van der Waals surface area contributed by atoms with E-state index in [2.05, 4.69) is 10.2 Å². The van der Waals surface area contributed by atoms with Gasteiger partial charge in [0.25, 0.3) is 5.91 Å². The first-order valence-electron chi connectivity index (χ1n) is 13.9. The lowest BCUT2D eigenvalue weighted by Gasteiger charge is -2.44. The van der Waals surface area contributed by atoms with Crippen LogP contribution in [0.4, 0.5) is 10.1 Å². The third-order valence-corrected chi connectivity index (χ3v) is 8.13. The zero-order chi connectivity index (χ0) is 28.1. The van der Waals surface area contributed by atoms with E-state index in [0.29, 0.717) is 39.0 Å². The lowest BCUT2D eigenvalue weighted by molar-refractivity contribution is -0.140. The van der Waals surface area contributed by atoms with E-state index in [1.54, 1.807) is 17.0 Å². The quantitative estimate of drug-likeness (QED) is 0.461. The van der Waals surface area contributed by atoms with Crippen molar-refractivity contribution in [1.29, 1.82) is 0 Å². The lowest BCUT2D eigenvalue weighted by atomic mass is 9.84. The minimum absolute atomic E-state index is 0.0698. The molecule has 40 heavy (non-hydrogen) atoms. The number of para-hydroxylation sites is 1. The van der Waals surface area contributed by atoms with Crippen LogP contribution in [0, 0.1) is 5.82 Å². The molecular weight excluding hydrogens is 507 g/mol. The van der Waals surface area contributed by atoms with Gasteiger partial charge in [0, 0.05) is 25.3 Å². The van der Waals surface area contributed by atoms with Gasteiger partial charge in [0.05, 0.1) is 12.6 Å². The summed E-state index contributed by atoms with van der Waals surface area (Å²) in [5.41, 5.74) is 1.89. The summed E-state index contributed by atoms with van der Waals surface area (Å²) in [6.45, 7) is 3.45. The van der Waals surface area contributed by atoms with Crippen LogP contribution in [0.2, 0.25) is 0 Å². The minimum Gasteiger partial charge on any atom is -0.350 e. The summed E-state index contributed by atoms with van der Waals surface area (Å²) in [4.78, 5) is 45.9. The molecule has 1 spiro atoms. The smallest absolute Gasteiger partial charge is 0.250 e. The van der Waals surface area contributed by atoms with Gasteiger partial charge in [-0.05, 0) is 54.7 Å². The predicted octanol–water partition coefficient (Wildman–Crippen LogP) is 4.30. The molecule has 2 saturated heterocycles. The normalized spacial score (nSPS) is 17.2. The Kier molecular flexibility index (Phi) is 8.14. The summed E-state index contributed by atoms with van der Waals surface area (Å²) in [5, 5.41) is 2.84. The number of benzene rings is 3. The van der Waals surface area contributed by atoms with Crippen molar-refractivity contribution in [1.82, 2.24) is 15.1 Å². The number of nitrogens with zero attached hydrogens (tertiary/aromatic N) is 3. The molecule has 0 bridgehead atoms. The number of piperidine rings is 1. The molecule has 2 heterocycles. The van der Waals surface area contributed by atoms with E-state index in [4.69, 9.17) is 0 Å². The molecule has 1 N–H and O–H groups in total. The van der Waals surface area contributed by atoms with Crippen molar-refractivity contribution in [3.63, 3.8) is 0 Å². The summed E-state index contributed by atoms with van der Waals surface area (Å²) < 4.78 is 13.2. The molecule has 2 aliphatic rings. The molecular formula is C32H35FN4O3. The number of nitrogens with one attached hydrogen (secondary N) is 1. The Morgan fingerprint density at radius 2 is 1.55 bits per heavy atom. The van der Waals surface area contributed by atoms with Gasteiger partial charge in [0.15, 0.2) is 0 Å². The fraction of sp³-hybridized carbons (Fsp3) is 0.344. The monoisotopic (exact) mass is 542 g/mol. The number of amides is 3. The van der Waals surface area contributed by atoms with Gasteiger partial charge in [-0.3, -0.25) is 14.4 Å². The average molecular weight is 543 g/mol. The molecule has 2 fully saturated rings. The van der Waals surface area contributed by atoms with Crippen molar-refractivity contribution in [2.75, 3.05) is 31.2 Å². The summed E-state index contributed by atoms with van der Waals surface area (Å²) >= 11 is 0. The Bertz CT molecular complexity index is 1330. The van der Waals surface area contributed by atoms with Crippen LogP contribution < -0.4 is 10.2 Å². The van der Waals surface area contributed by atoms with Gasteiger partial charge >= 0.3 is 0 Å². The van der Waals surface area contributed by atoms with Crippen molar-refractivity contribution < 1.29 is 18.8 Å². The van der Waals surface area contributed by atoms with E-state index in [1.807, 2.05) is 72.5 Å². The number of hydrogen-bond acceptors (Lipinski definition) is 4. The Hall–Kier alpha value is -4.20. The maximum absolute atomic E-state index is 14.0. The second kappa shape index (κ2) is 11.9. The number of anilines is 1. The molecule has 0 aliphatic carbocycles. The van der Waals surface area contributed by atoms with Crippen molar-refractivity contribution in [3.8, 4) is 0 Å². The molecule has 5 rings (SSSR count). The first kappa shape index (κ1) is 27.4. The topological polar surface area (TPSA) is 73.0 Å². The number of halogens is 1. The maximum Gasteiger partial charge on any atom is 0.250 e. The van der Waals surface area contributed by atoms with Crippen LogP contribution >= 0.6 is 0 Å². The number of hydrogen-bond donors (Lipinski definition) is 1. The molecule has 3 aromatic carbocycles. The van der Waals surface area contributed by atoms with Gasteiger partial charge in [-0.1, -0.05) is 67.6 Å². The maximum atomic E-state index is 14.0. The Balaban J connectivity index is 1.29. The first-order chi connectivity index (χ1) is 19.4. The fourth-order valence-electron chi connectivity index (χ4n) is 5.91. The summed E-state index contributed by atoms with van der Waals surface area (Å²) in [7, 11) is 0. The highest BCUT2D eigenvalue weighted by Crippen LogP contribution is 2.40. The largest absolute Gasteiger partial charge is 0.350 e. The standard InChI is InChI=1S/C32H35FN4O3/c1-2-28(25-9-5-3-6-10-25)30(39)35-19-17-32(18-20-35)31(40)36(23-37(32)27-11-7-4-8-12-27)22-29(38)34-21-24-13-15-26(33)16-14-24/h3-16,28H,2,17-23H2,1H3,(H,34,38)/t28-/m1/s1. The number of carbonyl (C=O) groups is 3. The summed E-state index contributed by atoms with van der Waals surface area (Å²) in [6.07, 6.45) is 1.69. The molecule has 3 aromatic rings. The molecule has 0 saturated carbocycles. The molecule has 2 aliphatic heterocycles. The van der Waals surface area contributed by atoms with Gasteiger partial charge in [0.2, 0.25) is 11.8 Å². The first-order valence-corrected chi connectivity index (χ1v) is 13.9. The van der Waals surface area contributed by atoms with Gasteiger partial charge < -0.3 is 20.0 Å². The highest BCUT2D eigenvalue weighted by Gasteiger charge is 2.54. The molecule has 208 valence electrons. The molecule has 1 atom stereocenters. The Morgan fingerprint density at radius 1 is 0.925 bits per heavy atom. The molecule has 3 amide bonds. The SMILES string of the molecule is CC[C@@H](C(=O)N1CCC2(CC1)C(=O)N(CC(=O)NCc1ccc(F)cc1)CN2c1ccccc1)c1ccccc1. The molecule has 0 radical (unpaired) electrons. The van der Waals surface area contributed by atoms with Gasteiger partial charge in [-0.2, -0.15) is 0 Å². The van der Waals surface area contributed by atoms with E-state index < -0.39 is 5.54 Å². The number of likely N-dealkylation sites (tertiary alicyclic amines) is 1. The van der Waals surface area contributed by atoms with Crippen LogP contribution in [0.1, 0.15) is 43.2 Å². The van der Waals surface area contributed by atoms with E-state index >= 15 is 0 Å². The van der Waals surface area contributed by atoms with Crippen LogP contribution in [-0.2, 0) is 20.9 Å². The number of rotatable bonds is 8. The second-order valence-corrected chi connectivity index (χ2v) is 10.5. The van der Waals surface area contributed by atoms with Crippen LogP contribution in [0.5, 0.6) is 0 Å². The van der Waals surface area contributed by atoms with Crippen LogP contribution in [-0.4, -0.2) is 59.4 Å². The lowest BCUT2D eigenvalue weighted by Crippen LogP contribution is -2.58. The van der Waals surface area contributed by atoms with Crippen LogP contribution in [0.25, 0.3) is 0 Å². The van der Waals surface area contributed by atoms with Gasteiger partial charge in [-0.15, -0.1) is 0 Å². The second-order valence-electron chi connectivity index (χ2n) is 10.5. The average Bonchev–Trinajstić information content (AvgIpc) is 3.24. The highest BCUT2D eigenvalue weighted by molar-refractivity contribution is 5.96. The highest BCUT2D eigenvalue weighted by atomic mass is 19.1. The molecule has 8 heteroatoms. The van der Waals surface area contributed by atoms with E-state index in [0.717, 1.165) is 16.8 Å². The predicted molar refractivity (Wildman–Crippen MR) is 152 cm³/mol. The van der Waals surface area contributed by atoms with Crippen molar-refractivity contribution >= 4 is 23.4 Å². The van der Waals surface area contributed by atoms with Crippen molar-refractivity contribution in [3.05, 3.63) is 102 Å². The van der Waals surface area contributed by atoms with E-state index in [-0.39, 0.29) is 42.5 Å². The summed E-state index contributed by atoms with van der Waals surface area (Å²) in [6, 6.07) is 25.6. The third-order valence-electron chi connectivity index (χ3n) is 8.13. The zero-order valence-corrected chi connectivity index (χ0v) is 22.8. The molecule has 0 unspecified atom stereocenters. The van der Waals surface area contributed by atoms with Crippen molar-refractivity contribution in [2.24, 2.45) is 0 Å². The van der Waals surface area contributed by atoms with Crippen LogP contribution in [0.15, 0.2) is 84.9 Å². The Morgan fingerprint density at radius 3 is 2.17 bits per heavy atom. The number of carbonyl (C=O) groups excluding carboxylic acids is 3. The van der Waals surface area contributed by atoms with Gasteiger partial charge in [0.1, 0.15) is 17.9 Å². The van der Waals surface area contributed by atoms with Gasteiger partial charge in [-0.25, -0.2) is 4.39 Å². The zero-order valence-electron chi connectivity index (χ0n) is 22.8. The Labute approximate surface area is 234 Å². The van der Waals surface area contributed by atoms with E-state index in [9.17, 15) is 18.8 Å². The van der Waals surface area contributed by atoms with Crippen LogP contribution in [0.3, 0.4) is 0 Å². The van der Waals surface area contributed by atoms with Crippen molar-refractivity contribution in [2.45, 2.75) is 44.2 Å². The molecule has 0 aromatic heterocycles. The third kappa shape index (κ3) is 5.57. The summed E-state index contributed by atoms with van der Waals surface area (Å²) in [5.74, 6) is -0.806. The fourth-order valence-corrected chi connectivity index (χ4v) is 5.91.